The van der Waals surface area contributed by atoms with Gasteiger partial charge in [-0.05, 0) is 31.3 Å². The van der Waals surface area contributed by atoms with Crippen LogP contribution in [0.15, 0.2) is 36.7 Å². The highest BCUT2D eigenvalue weighted by Crippen LogP contribution is 2.12. The maximum absolute atomic E-state index is 12.1. The molecule has 1 aromatic carbocycles. The smallest absolute Gasteiger partial charge is 0.251 e. The number of benzene rings is 1. The normalized spacial score (nSPS) is 15.5. The van der Waals surface area contributed by atoms with Gasteiger partial charge in [0.25, 0.3) is 5.91 Å². The number of hydrogen-bond donors (Lipinski definition) is 3. The van der Waals surface area contributed by atoms with E-state index >= 15 is 0 Å². The Hall–Kier alpha value is -2.58. The first-order valence-electron chi connectivity index (χ1n) is 7.78. The second-order valence-electron chi connectivity index (χ2n) is 5.66. The summed E-state index contributed by atoms with van der Waals surface area (Å²) in [6.07, 6.45) is 2.83. The van der Waals surface area contributed by atoms with E-state index in [0.29, 0.717) is 24.3 Å². The van der Waals surface area contributed by atoms with Crippen LogP contribution in [0.25, 0.3) is 0 Å². The van der Waals surface area contributed by atoms with Crippen LogP contribution >= 0.6 is 0 Å². The Morgan fingerprint density at radius 3 is 2.42 bits per heavy atom. The summed E-state index contributed by atoms with van der Waals surface area (Å²) in [4.78, 5) is 28.2. The second kappa shape index (κ2) is 8.32. The third kappa shape index (κ3) is 4.71. The van der Waals surface area contributed by atoms with Gasteiger partial charge in [0.05, 0.1) is 12.2 Å². The first-order chi connectivity index (χ1) is 11.5. The molecule has 1 aromatic rings. The molecule has 0 aliphatic carbocycles. The highest BCUT2D eigenvalue weighted by atomic mass is 16.2. The molecule has 0 aromatic heterocycles. The molecule has 1 aliphatic rings. The summed E-state index contributed by atoms with van der Waals surface area (Å²) in [6, 6.07) is 6.71. The third-order valence-corrected chi connectivity index (χ3v) is 3.93. The zero-order valence-electron chi connectivity index (χ0n) is 13.8. The second-order valence-corrected chi connectivity index (χ2v) is 5.66. The lowest BCUT2D eigenvalue weighted by molar-refractivity contribution is -0.131. The van der Waals surface area contributed by atoms with Crippen molar-refractivity contribution >= 4 is 17.5 Å². The van der Waals surface area contributed by atoms with E-state index in [9.17, 15) is 9.59 Å². The monoisotopic (exact) mass is 332 g/mol. The SMILES string of the molecule is CN1CCN(C(=O)CNC(=O)c2ccc(N(N)/C=C\N)cc2)CC1. The van der Waals surface area contributed by atoms with Crippen molar-refractivity contribution in [3.05, 3.63) is 42.2 Å². The molecule has 8 heteroatoms. The van der Waals surface area contributed by atoms with E-state index < -0.39 is 0 Å². The van der Waals surface area contributed by atoms with E-state index in [1.54, 1.807) is 29.2 Å². The number of nitrogens with two attached hydrogens (primary N) is 2. The molecule has 5 N–H and O–H groups in total. The highest BCUT2D eigenvalue weighted by molar-refractivity contribution is 5.96. The lowest BCUT2D eigenvalue weighted by Crippen LogP contribution is -2.50. The number of carbonyl (C=O) groups is 2. The summed E-state index contributed by atoms with van der Waals surface area (Å²) in [6.45, 7) is 3.10. The molecule has 0 radical (unpaired) electrons. The molecule has 0 spiro atoms. The number of carbonyl (C=O) groups excluding carboxylic acids is 2. The van der Waals surface area contributed by atoms with Crippen molar-refractivity contribution in [1.29, 1.82) is 0 Å². The van der Waals surface area contributed by atoms with Gasteiger partial charge in [-0.25, -0.2) is 5.84 Å². The maximum atomic E-state index is 12.1. The lowest BCUT2D eigenvalue weighted by atomic mass is 10.2. The Kier molecular flexibility index (Phi) is 6.16. The summed E-state index contributed by atoms with van der Waals surface area (Å²) in [5, 5.41) is 4.00. The standard InChI is InChI=1S/C16H24N6O2/c1-20-8-10-21(11-9-20)15(23)12-19-16(24)13-2-4-14(5-3-13)22(18)7-6-17/h2-7H,8-12,17-18H2,1H3,(H,19,24)/b7-6-. The lowest BCUT2D eigenvalue weighted by Gasteiger charge is -2.32. The maximum Gasteiger partial charge on any atom is 0.251 e. The van der Waals surface area contributed by atoms with Crippen LogP contribution in [0, 0.1) is 0 Å². The van der Waals surface area contributed by atoms with Crippen LogP contribution in [-0.2, 0) is 4.79 Å². The van der Waals surface area contributed by atoms with Gasteiger partial charge < -0.3 is 20.9 Å². The van der Waals surface area contributed by atoms with Gasteiger partial charge in [0.15, 0.2) is 0 Å². The van der Waals surface area contributed by atoms with Gasteiger partial charge in [-0.1, -0.05) is 0 Å². The average Bonchev–Trinajstić information content (AvgIpc) is 2.60. The van der Waals surface area contributed by atoms with Gasteiger partial charge >= 0.3 is 0 Å². The van der Waals surface area contributed by atoms with Crippen LogP contribution in [0.4, 0.5) is 5.69 Å². The van der Waals surface area contributed by atoms with Crippen molar-refractivity contribution in [2.24, 2.45) is 11.6 Å². The number of amides is 2. The molecule has 1 fully saturated rings. The molecule has 0 unspecified atom stereocenters. The fourth-order valence-corrected chi connectivity index (χ4v) is 2.39. The molecule has 2 amide bonds. The molecule has 1 heterocycles. The Labute approximate surface area is 141 Å². The Balaban J connectivity index is 1.85. The molecule has 2 rings (SSSR count). The molecule has 0 saturated carbocycles. The number of nitrogens with zero attached hydrogens (tertiary/aromatic N) is 3. The molecule has 0 atom stereocenters. The van der Waals surface area contributed by atoms with Crippen molar-refractivity contribution in [3.8, 4) is 0 Å². The summed E-state index contributed by atoms with van der Waals surface area (Å²) >= 11 is 0. The van der Waals surface area contributed by atoms with Gasteiger partial charge in [0.2, 0.25) is 5.91 Å². The van der Waals surface area contributed by atoms with Crippen LogP contribution in [0.1, 0.15) is 10.4 Å². The van der Waals surface area contributed by atoms with Crippen LogP contribution < -0.4 is 21.9 Å². The predicted octanol–water partition coefficient (Wildman–Crippen LogP) is -0.700. The average molecular weight is 332 g/mol. The number of rotatable bonds is 5. The molecule has 1 aliphatic heterocycles. The molecule has 8 nitrogen and oxygen atoms in total. The van der Waals surface area contributed by atoms with Gasteiger partial charge in [-0.15, -0.1) is 0 Å². The van der Waals surface area contributed by atoms with E-state index in [1.165, 1.54) is 17.4 Å². The predicted molar refractivity (Wildman–Crippen MR) is 92.8 cm³/mol. The number of piperazine rings is 1. The van der Waals surface area contributed by atoms with Crippen LogP contribution in [0.5, 0.6) is 0 Å². The third-order valence-electron chi connectivity index (χ3n) is 3.93. The van der Waals surface area contributed by atoms with E-state index in [4.69, 9.17) is 11.6 Å². The van der Waals surface area contributed by atoms with Crippen molar-refractivity contribution in [3.63, 3.8) is 0 Å². The first kappa shape index (κ1) is 17.8. The number of hydrogen-bond acceptors (Lipinski definition) is 6. The molecule has 24 heavy (non-hydrogen) atoms. The van der Waals surface area contributed by atoms with Gasteiger partial charge in [-0.3, -0.25) is 14.6 Å². The van der Waals surface area contributed by atoms with Crippen molar-refractivity contribution in [1.82, 2.24) is 15.1 Å². The number of nitrogens with one attached hydrogen (secondary N) is 1. The fourth-order valence-electron chi connectivity index (χ4n) is 2.39. The Morgan fingerprint density at radius 1 is 1.21 bits per heavy atom. The quantitative estimate of drug-likeness (QED) is 0.486. The van der Waals surface area contributed by atoms with Crippen molar-refractivity contribution in [2.75, 3.05) is 44.8 Å². The number of likely N-dealkylation sites (N-methyl/N-ethyl adjacent to an activating group) is 1. The summed E-state index contributed by atoms with van der Waals surface area (Å²) < 4.78 is 0. The van der Waals surface area contributed by atoms with E-state index in [-0.39, 0.29) is 18.4 Å². The molecular weight excluding hydrogens is 308 g/mol. The van der Waals surface area contributed by atoms with Crippen molar-refractivity contribution < 1.29 is 9.59 Å². The van der Waals surface area contributed by atoms with Crippen LogP contribution in [0.2, 0.25) is 0 Å². The first-order valence-corrected chi connectivity index (χ1v) is 7.78. The Bertz CT molecular complexity index is 593. The van der Waals surface area contributed by atoms with Gasteiger partial charge in [-0.2, -0.15) is 0 Å². The van der Waals surface area contributed by atoms with Gasteiger partial charge in [0, 0.05) is 44.1 Å². The van der Waals surface area contributed by atoms with Crippen LogP contribution in [0.3, 0.4) is 0 Å². The summed E-state index contributed by atoms with van der Waals surface area (Å²) in [5.41, 5.74) is 6.44. The van der Waals surface area contributed by atoms with Crippen LogP contribution in [-0.4, -0.2) is 61.4 Å². The zero-order chi connectivity index (χ0) is 17.5. The topological polar surface area (TPSA) is 108 Å². The fraction of sp³-hybridized carbons (Fsp3) is 0.375. The number of hydrazine groups is 1. The van der Waals surface area contributed by atoms with E-state index in [0.717, 1.165) is 13.1 Å². The highest BCUT2D eigenvalue weighted by Gasteiger charge is 2.19. The summed E-state index contributed by atoms with van der Waals surface area (Å²) in [5.74, 6) is 5.38. The molecule has 130 valence electrons. The van der Waals surface area contributed by atoms with E-state index in [1.807, 2.05) is 7.05 Å². The molecular formula is C16H24N6O2. The molecule has 1 saturated heterocycles. The molecule has 0 bridgehead atoms. The minimum atomic E-state index is -0.290. The Morgan fingerprint density at radius 2 is 1.83 bits per heavy atom. The largest absolute Gasteiger partial charge is 0.403 e. The minimum absolute atomic E-state index is 0.00320. The zero-order valence-corrected chi connectivity index (χ0v) is 13.8. The summed E-state index contributed by atoms with van der Waals surface area (Å²) in [7, 11) is 2.03. The van der Waals surface area contributed by atoms with E-state index in [2.05, 4.69) is 10.2 Å². The minimum Gasteiger partial charge on any atom is -0.403 e. The van der Waals surface area contributed by atoms with Crippen molar-refractivity contribution in [2.45, 2.75) is 0 Å². The number of anilines is 1. The van der Waals surface area contributed by atoms with Gasteiger partial charge in [0.1, 0.15) is 0 Å².